The molecule has 1 heterocycles. The minimum Gasteiger partial charge on any atom is -0.493 e. The summed E-state index contributed by atoms with van der Waals surface area (Å²) in [6.45, 7) is -2.63. The Morgan fingerprint density at radius 3 is 2.65 bits per heavy atom. The molecule has 2 rings (SSSR count). The summed E-state index contributed by atoms with van der Waals surface area (Å²) < 4.78 is 38.8. The first-order valence-electron chi connectivity index (χ1n) is 7.69. The SMILES string of the molecule is COc1cc(CNC(=O)CCNC(=O)c2ccco2)ccc1OC(F)F. The third-order valence-corrected chi connectivity index (χ3v) is 3.32. The molecule has 0 aliphatic rings. The van der Waals surface area contributed by atoms with Crippen LogP contribution in [-0.2, 0) is 11.3 Å². The third kappa shape index (κ3) is 5.76. The van der Waals surface area contributed by atoms with Gasteiger partial charge in [-0.15, -0.1) is 0 Å². The smallest absolute Gasteiger partial charge is 0.387 e. The molecular weight excluding hydrogens is 350 g/mol. The molecule has 0 aliphatic carbocycles. The molecule has 0 saturated heterocycles. The largest absolute Gasteiger partial charge is 0.493 e. The second-order valence-corrected chi connectivity index (χ2v) is 5.12. The molecule has 0 atom stereocenters. The fraction of sp³-hybridized carbons (Fsp3) is 0.294. The highest BCUT2D eigenvalue weighted by molar-refractivity contribution is 5.91. The van der Waals surface area contributed by atoms with Crippen molar-refractivity contribution < 1.29 is 32.3 Å². The van der Waals surface area contributed by atoms with Gasteiger partial charge in [0.05, 0.1) is 13.4 Å². The first kappa shape index (κ1) is 19.2. The third-order valence-electron chi connectivity index (χ3n) is 3.32. The molecule has 140 valence electrons. The van der Waals surface area contributed by atoms with Crippen LogP contribution in [0.2, 0.25) is 0 Å². The van der Waals surface area contributed by atoms with Crippen molar-refractivity contribution in [3.8, 4) is 11.5 Å². The number of hydrogen-bond donors (Lipinski definition) is 2. The Hall–Kier alpha value is -3.10. The van der Waals surface area contributed by atoms with Gasteiger partial charge in [-0.3, -0.25) is 9.59 Å². The number of alkyl halides is 2. The van der Waals surface area contributed by atoms with Crippen LogP contribution in [0.3, 0.4) is 0 Å². The van der Waals surface area contributed by atoms with Crippen LogP contribution in [0.1, 0.15) is 22.5 Å². The summed E-state index contributed by atoms with van der Waals surface area (Å²) in [6.07, 6.45) is 1.46. The van der Waals surface area contributed by atoms with Gasteiger partial charge in [-0.2, -0.15) is 8.78 Å². The van der Waals surface area contributed by atoms with Crippen molar-refractivity contribution in [2.45, 2.75) is 19.6 Å². The molecule has 2 amide bonds. The van der Waals surface area contributed by atoms with E-state index in [1.54, 1.807) is 12.1 Å². The number of rotatable bonds is 9. The van der Waals surface area contributed by atoms with E-state index >= 15 is 0 Å². The van der Waals surface area contributed by atoms with Crippen molar-refractivity contribution in [1.82, 2.24) is 10.6 Å². The quantitative estimate of drug-likeness (QED) is 0.709. The van der Waals surface area contributed by atoms with Crippen LogP contribution in [0, 0.1) is 0 Å². The molecule has 0 unspecified atom stereocenters. The minimum absolute atomic E-state index is 0.0795. The summed E-state index contributed by atoms with van der Waals surface area (Å²) in [6, 6.07) is 7.49. The Balaban J connectivity index is 1.77. The molecule has 1 aromatic carbocycles. The minimum atomic E-state index is -2.95. The lowest BCUT2D eigenvalue weighted by Gasteiger charge is -2.12. The summed E-state index contributed by atoms with van der Waals surface area (Å²) in [5.41, 5.74) is 0.649. The van der Waals surface area contributed by atoms with Crippen LogP contribution in [-0.4, -0.2) is 32.1 Å². The Labute approximate surface area is 148 Å². The van der Waals surface area contributed by atoms with Crippen molar-refractivity contribution in [3.05, 3.63) is 47.9 Å². The molecule has 2 aromatic rings. The summed E-state index contributed by atoms with van der Waals surface area (Å²) in [5.74, 6) is -0.455. The number of nitrogens with one attached hydrogen (secondary N) is 2. The van der Waals surface area contributed by atoms with Gasteiger partial charge < -0.3 is 24.5 Å². The summed E-state index contributed by atoms with van der Waals surface area (Å²) in [4.78, 5) is 23.4. The second kappa shape index (κ2) is 9.40. The van der Waals surface area contributed by atoms with Crippen LogP contribution < -0.4 is 20.1 Å². The molecule has 0 aliphatic heterocycles. The van der Waals surface area contributed by atoms with E-state index in [0.29, 0.717) is 5.56 Å². The zero-order valence-corrected chi connectivity index (χ0v) is 14.0. The topological polar surface area (TPSA) is 89.8 Å². The van der Waals surface area contributed by atoms with Crippen LogP contribution in [0.15, 0.2) is 41.0 Å². The van der Waals surface area contributed by atoms with Gasteiger partial charge in [0.1, 0.15) is 0 Å². The highest BCUT2D eigenvalue weighted by Gasteiger charge is 2.12. The number of methoxy groups -OCH3 is 1. The number of hydrogen-bond acceptors (Lipinski definition) is 5. The lowest BCUT2D eigenvalue weighted by Crippen LogP contribution is -2.30. The fourth-order valence-corrected chi connectivity index (χ4v) is 2.09. The molecule has 7 nitrogen and oxygen atoms in total. The predicted molar refractivity (Wildman–Crippen MR) is 87.1 cm³/mol. The normalized spacial score (nSPS) is 10.5. The monoisotopic (exact) mass is 368 g/mol. The number of amides is 2. The van der Waals surface area contributed by atoms with Crippen molar-refractivity contribution >= 4 is 11.8 Å². The maximum atomic E-state index is 12.3. The van der Waals surface area contributed by atoms with E-state index in [1.165, 1.54) is 31.6 Å². The van der Waals surface area contributed by atoms with Gasteiger partial charge in [0.15, 0.2) is 17.3 Å². The van der Waals surface area contributed by atoms with E-state index in [-0.39, 0.29) is 42.7 Å². The number of halogens is 2. The maximum Gasteiger partial charge on any atom is 0.387 e. The van der Waals surface area contributed by atoms with Gasteiger partial charge in [0.25, 0.3) is 5.91 Å². The summed E-state index contributed by atoms with van der Waals surface area (Å²) >= 11 is 0. The molecule has 1 aromatic heterocycles. The second-order valence-electron chi connectivity index (χ2n) is 5.12. The Morgan fingerprint density at radius 1 is 1.19 bits per heavy atom. The van der Waals surface area contributed by atoms with Gasteiger partial charge in [0, 0.05) is 19.5 Å². The first-order chi connectivity index (χ1) is 12.5. The number of carbonyl (C=O) groups excluding carboxylic acids is 2. The van der Waals surface area contributed by atoms with Gasteiger partial charge in [-0.25, -0.2) is 0 Å². The van der Waals surface area contributed by atoms with Crippen LogP contribution in [0.5, 0.6) is 11.5 Å². The maximum absolute atomic E-state index is 12.3. The molecule has 0 fully saturated rings. The molecule has 0 spiro atoms. The van der Waals surface area contributed by atoms with Gasteiger partial charge >= 0.3 is 6.61 Å². The molecule has 9 heteroatoms. The van der Waals surface area contributed by atoms with E-state index in [1.807, 2.05) is 0 Å². The highest BCUT2D eigenvalue weighted by atomic mass is 19.3. The van der Waals surface area contributed by atoms with Crippen LogP contribution >= 0.6 is 0 Å². The highest BCUT2D eigenvalue weighted by Crippen LogP contribution is 2.29. The zero-order chi connectivity index (χ0) is 18.9. The van der Waals surface area contributed by atoms with Crippen molar-refractivity contribution in [2.75, 3.05) is 13.7 Å². The van der Waals surface area contributed by atoms with Gasteiger partial charge in [-0.05, 0) is 29.8 Å². The average molecular weight is 368 g/mol. The number of carbonyl (C=O) groups is 2. The van der Waals surface area contributed by atoms with E-state index in [2.05, 4.69) is 15.4 Å². The first-order valence-corrected chi connectivity index (χ1v) is 7.69. The molecule has 0 bridgehead atoms. The Bertz CT molecular complexity index is 735. The van der Waals surface area contributed by atoms with Crippen molar-refractivity contribution in [2.24, 2.45) is 0 Å². The van der Waals surface area contributed by atoms with Crippen molar-refractivity contribution in [3.63, 3.8) is 0 Å². The van der Waals surface area contributed by atoms with Crippen LogP contribution in [0.4, 0.5) is 8.78 Å². The predicted octanol–water partition coefficient (Wildman–Crippen LogP) is 2.33. The van der Waals surface area contributed by atoms with Gasteiger partial charge in [0.2, 0.25) is 5.91 Å². The van der Waals surface area contributed by atoms with Crippen LogP contribution in [0.25, 0.3) is 0 Å². The lowest BCUT2D eigenvalue weighted by atomic mass is 10.2. The van der Waals surface area contributed by atoms with E-state index in [0.717, 1.165) is 0 Å². The number of furan rings is 1. The zero-order valence-electron chi connectivity index (χ0n) is 14.0. The fourth-order valence-electron chi connectivity index (χ4n) is 2.09. The summed E-state index contributed by atoms with van der Waals surface area (Å²) in [5, 5.41) is 5.22. The molecule has 26 heavy (non-hydrogen) atoms. The molecule has 2 N–H and O–H groups in total. The summed E-state index contributed by atoms with van der Waals surface area (Å²) in [7, 11) is 1.33. The molecule has 0 radical (unpaired) electrons. The Morgan fingerprint density at radius 2 is 2.00 bits per heavy atom. The van der Waals surface area contributed by atoms with E-state index in [9.17, 15) is 18.4 Å². The lowest BCUT2D eigenvalue weighted by molar-refractivity contribution is -0.121. The average Bonchev–Trinajstić information content (AvgIpc) is 3.15. The van der Waals surface area contributed by atoms with Crippen molar-refractivity contribution in [1.29, 1.82) is 0 Å². The number of ether oxygens (including phenoxy) is 2. The number of benzene rings is 1. The standard InChI is InChI=1S/C17H18F2N2O5/c1-24-14-9-11(4-5-12(14)26-17(18)19)10-21-15(22)6-7-20-16(23)13-3-2-8-25-13/h2-5,8-9,17H,6-7,10H2,1H3,(H,20,23)(H,21,22). The molecule has 0 saturated carbocycles. The van der Waals surface area contributed by atoms with E-state index < -0.39 is 12.5 Å². The molecular formula is C17H18F2N2O5. The Kier molecular flexibility index (Phi) is 6.95. The van der Waals surface area contributed by atoms with E-state index in [4.69, 9.17) is 9.15 Å². The van der Waals surface area contributed by atoms with Gasteiger partial charge in [-0.1, -0.05) is 6.07 Å².